The van der Waals surface area contributed by atoms with Crippen LogP contribution in [0.5, 0.6) is 5.75 Å². The van der Waals surface area contributed by atoms with E-state index in [2.05, 4.69) is 10.6 Å². The van der Waals surface area contributed by atoms with E-state index in [-0.39, 0.29) is 18.4 Å². The van der Waals surface area contributed by atoms with Crippen molar-refractivity contribution in [3.63, 3.8) is 0 Å². The van der Waals surface area contributed by atoms with Gasteiger partial charge in [-0.2, -0.15) is 0 Å². The van der Waals surface area contributed by atoms with Crippen molar-refractivity contribution >= 4 is 12.0 Å². The van der Waals surface area contributed by atoms with Crippen molar-refractivity contribution in [2.24, 2.45) is 5.92 Å². The molecular formula is C16H24N2O4. The predicted molar refractivity (Wildman–Crippen MR) is 83.6 cm³/mol. The molecule has 2 N–H and O–H groups in total. The largest absolute Gasteiger partial charge is 0.497 e. The number of ether oxygens (including phenoxy) is 2. The molecule has 1 rings (SSSR count). The van der Waals surface area contributed by atoms with Crippen LogP contribution in [0.25, 0.3) is 0 Å². The minimum absolute atomic E-state index is 0.0414. The zero-order valence-corrected chi connectivity index (χ0v) is 13.5. The van der Waals surface area contributed by atoms with Gasteiger partial charge in [-0.1, -0.05) is 26.0 Å². The summed E-state index contributed by atoms with van der Waals surface area (Å²) in [4.78, 5) is 23.7. The highest BCUT2D eigenvalue weighted by molar-refractivity contribution is 5.85. The summed E-state index contributed by atoms with van der Waals surface area (Å²) < 4.78 is 9.90. The molecule has 0 unspecified atom stereocenters. The first-order valence-corrected chi connectivity index (χ1v) is 7.31. The molecule has 0 saturated heterocycles. The summed E-state index contributed by atoms with van der Waals surface area (Å²) in [5.74, 6) is 0.484. The van der Waals surface area contributed by atoms with Gasteiger partial charge in [0.15, 0.2) is 0 Å². The van der Waals surface area contributed by atoms with Crippen molar-refractivity contribution in [2.45, 2.75) is 33.4 Å². The van der Waals surface area contributed by atoms with E-state index in [4.69, 9.17) is 9.47 Å². The molecule has 1 aromatic carbocycles. The molecule has 0 aliphatic rings. The second kappa shape index (κ2) is 8.92. The summed E-state index contributed by atoms with van der Waals surface area (Å²) in [6, 6.07) is 6.79. The molecule has 0 heterocycles. The molecule has 0 aromatic heterocycles. The van der Waals surface area contributed by atoms with E-state index in [0.29, 0.717) is 6.54 Å². The fourth-order valence-corrected chi connectivity index (χ4v) is 1.88. The average molecular weight is 308 g/mol. The highest BCUT2D eigenvalue weighted by Crippen LogP contribution is 2.11. The summed E-state index contributed by atoms with van der Waals surface area (Å²) in [7, 11) is 1.60. The van der Waals surface area contributed by atoms with Crippen LogP contribution in [-0.4, -0.2) is 31.8 Å². The summed E-state index contributed by atoms with van der Waals surface area (Å²) >= 11 is 0. The first-order chi connectivity index (χ1) is 10.5. The molecule has 22 heavy (non-hydrogen) atoms. The molecule has 1 atom stereocenters. The Bertz CT molecular complexity index is 485. The van der Waals surface area contributed by atoms with Crippen LogP contribution in [0.3, 0.4) is 0 Å². The molecule has 1 aromatic rings. The Morgan fingerprint density at radius 1 is 1.18 bits per heavy atom. The summed E-state index contributed by atoms with van der Waals surface area (Å²) in [6.07, 6.45) is -0.583. The maximum atomic E-state index is 12.2. The van der Waals surface area contributed by atoms with Gasteiger partial charge in [-0.3, -0.25) is 4.79 Å². The average Bonchev–Trinajstić information content (AvgIpc) is 2.50. The topological polar surface area (TPSA) is 76.7 Å². The third-order valence-electron chi connectivity index (χ3n) is 3.12. The molecule has 0 spiro atoms. The van der Waals surface area contributed by atoms with E-state index in [9.17, 15) is 9.59 Å². The predicted octanol–water partition coefficient (Wildman–Crippen LogP) is 2.08. The van der Waals surface area contributed by atoms with E-state index in [1.54, 1.807) is 14.0 Å². The summed E-state index contributed by atoms with van der Waals surface area (Å²) in [6.45, 7) is 6.10. The molecule has 122 valence electrons. The number of nitrogens with one attached hydrogen (secondary N) is 2. The van der Waals surface area contributed by atoms with E-state index in [1.807, 2.05) is 38.1 Å². The number of hydrogen-bond donors (Lipinski definition) is 2. The standard InChI is InChI=1S/C16H24N2O4/c1-5-22-16(20)18-14(11(2)3)15(19)17-10-12-6-8-13(21-4)9-7-12/h6-9,11,14H,5,10H2,1-4H3,(H,17,19)(H,18,20)/t14-/m1/s1. The molecule has 2 amide bonds. The monoisotopic (exact) mass is 308 g/mol. The second-order valence-corrected chi connectivity index (χ2v) is 5.15. The van der Waals surface area contributed by atoms with Crippen LogP contribution >= 0.6 is 0 Å². The maximum Gasteiger partial charge on any atom is 0.407 e. The van der Waals surface area contributed by atoms with Crippen LogP contribution in [0.1, 0.15) is 26.3 Å². The normalized spacial score (nSPS) is 11.7. The molecule has 0 saturated carbocycles. The van der Waals surface area contributed by atoms with Crippen LogP contribution in [0, 0.1) is 5.92 Å². The van der Waals surface area contributed by atoms with Crippen molar-refractivity contribution in [2.75, 3.05) is 13.7 Å². The van der Waals surface area contributed by atoms with Gasteiger partial charge < -0.3 is 20.1 Å². The minimum atomic E-state index is -0.628. The van der Waals surface area contributed by atoms with Crippen molar-refractivity contribution in [1.29, 1.82) is 0 Å². The van der Waals surface area contributed by atoms with Gasteiger partial charge in [-0.05, 0) is 30.5 Å². The fraction of sp³-hybridized carbons (Fsp3) is 0.500. The molecule has 6 nitrogen and oxygen atoms in total. The number of hydrogen-bond acceptors (Lipinski definition) is 4. The highest BCUT2D eigenvalue weighted by Gasteiger charge is 2.24. The number of methoxy groups -OCH3 is 1. The minimum Gasteiger partial charge on any atom is -0.497 e. The van der Waals surface area contributed by atoms with Crippen molar-refractivity contribution < 1.29 is 19.1 Å². The third kappa shape index (κ3) is 5.63. The Labute approximate surface area is 131 Å². The Kier molecular flexibility index (Phi) is 7.22. The van der Waals surface area contributed by atoms with Crippen molar-refractivity contribution in [3.8, 4) is 5.75 Å². The van der Waals surface area contributed by atoms with Crippen molar-refractivity contribution in [3.05, 3.63) is 29.8 Å². The lowest BCUT2D eigenvalue weighted by molar-refractivity contribution is -0.124. The van der Waals surface area contributed by atoms with Gasteiger partial charge in [0.1, 0.15) is 11.8 Å². The molecule has 0 bridgehead atoms. The SMILES string of the molecule is CCOC(=O)N[C@@H](C(=O)NCc1ccc(OC)cc1)C(C)C. The number of carbonyl (C=O) groups excluding carboxylic acids is 2. The molecule has 0 fully saturated rings. The smallest absolute Gasteiger partial charge is 0.407 e. The second-order valence-electron chi connectivity index (χ2n) is 5.15. The summed E-state index contributed by atoms with van der Waals surface area (Å²) in [5, 5.41) is 5.39. The number of carbonyl (C=O) groups is 2. The van der Waals surface area contributed by atoms with E-state index in [0.717, 1.165) is 11.3 Å². The fourth-order valence-electron chi connectivity index (χ4n) is 1.88. The van der Waals surface area contributed by atoms with Gasteiger partial charge in [-0.25, -0.2) is 4.79 Å². The van der Waals surface area contributed by atoms with Crippen molar-refractivity contribution in [1.82, 2.24) is 10.6 Å². The van der Waals surface area contributed by atoms with Gasteiger partial charge in [0.25, 0.3) is 0 Å². The lowest BCUT2D eigenvalue weighted by Gasteiger charge is -2.21. The number of alkyl carbamates (subject to hydrolysis) is 1. The van der Waals surface area contributed by atoms with Crippen LogP contribution in [0.4, 0.5) is 4.79 Å². The van der Waals surface area contributed by atoms with Gasteiger partial charge in [-0.15, -0.1) is 0 Å². The Hall–Kier alpha value is -2.24. The zero-order chi connectivity index (χ0) is 16.5. The quantitative estimate of drug-likeness (QED) is 0.808. The van der Waals surface area contributed by atoms with Gasteiger partial charge in [0, 0.05) is 6.54 Å². The lowest BCUT2D eigenvalue weighted by atomic mass is 10.0. The van der Waals surface area contributed by atoms with E-state index < -0.39 is 12.1 Å². The highest BCUT2D eigenvalue weighted by atomic mass is 16.5. The number of benzene rings is 1. The zero-order valence-electron chi connectivity index (χ0n) is 13.5. The Morgan fingerprint density at radius 3 is 2.32 bits per heavy atom. The lowest BCUT2D eigenvalue weighted by Crippen LogP contribution is -2.49. The maximum absolute atomic E-state index is 12.2. The number of amides is 2. The van der Waals surface area contributed by atoms with Crippen LogP contribution < -0.4 is 15.4 Å². The molecule has 0 aliphatic heterocycles. The first kappa shape index (κ1) is 17.8. The molecule has 0 radical (unpaired) electrons. The first-order valence-electron chi connectivity index (χ1n) is 7.31. The third-order valence-corrected chi connectivity index (χ3v) is 3.12. The number of rotatable bonds is 7. The van der Waals surface area contributed by atoms with E-state index >= 15 is 0 Å². The van der Waals surface area contributed by atoms with Crippen LogP contribution in [-0.2, 0) is 16.1 Å². The van der Waals surface area contributed by atoms with Gasteiger partial charge in [0.2, 0.25) is 5.91 Å². The van der Waals surface area contributed by atoms with Crippen LogP contribution in [0.15, 0.2) is 24.3 Å². The van der Waals surface area contributed by atoms with Crippen LogP contribution in [0.2, 0.25) is 0 Å². The molecule has 6 heteroatoms. The molecule has 0 aliphatic carbocycles. The van der Waals surface area contributed by atoms with E-state index in [1.165, 1.54) is 0 Å². The van der Waals surface area contributed by atoms with Gasteiger partial charge in [0.05, 0.1) is 13.7 Å². The Balaban J connectivity index is 2.57. The van der Waals surface area contributed by atoms with Gasteiger partial charge >= 0.3 is 6.09 Å². The molecular weight excluding hydrogens is 284 g/mol. The Morgan fingerprint density at radius 2 is 1.82 bits per heavy atom. The summed E-state index contributed by atoms with van der Waals surface area (Å²) in [5.41, 5.74) is 0.952.